The molecule has 1 aromatic rings. The van der Waals surface area contributed by atoms with Crippen LogP contribution in [0, 0.1) is 0 Å². The van der Waals surface area contributed by atoms with E-state index in [2.05, 4.69) is 5.10 Å². The molecule has 2 heterocycles. The molecule has 4 nitrogen and oxygen atoms in total. The van der Waals surface area contributed by atoms with Crippen molar-refractivity contribution < 1.29 is 9.53 Å². The molecular formula is C9H12N2O2. The quantitative estimate of drug-likeness (QED) is 0.656. The zero-order valence-electron chi connectivity index (χ0n) is 7.78. The summed E-state index contributed by atoms with van der Waals surface area (Å²) in [6, 6.07) is 0.203. The predicted octanol–water partition coefficient (Wildman–Crippen LogP) is 1.43. The molecule has 0 N–H and O–H groups in total. The maximum absolute atomic E-state index is 11.5. The van der Waals surface area contributed by atoms with Crippen molar-refractivity contribution >= 4 is 5.78 Å². The lowest BCUT2D eigenvalue weighted by molar-refractivity contribution is 0.0919. The highest BCUT2D eigenvalue weighted by Crippen LogP contribution is 2.26. The van der Waals surface area contributed by atoms with Crippen molar-refractivity contribution in [2.75, 3.05) is 6.61 Å². The summed E-state index contributed by atoms with van der Waals surface area (Å²) in [6.07, 6.45) is 2.08. The van der Waals surface area contributed by atoms with Crippen molar-refractivity contribution in [3.8, 4) is 5.75 Å². The Morgan fingerprint density at radius 1 is 1.62 bits per heavy atom. The summed E-state index contributed by atoms with van der Waals surface area (Å²) in [5, 5.41) is 4.12. The molecular weight excluding hydrogens is 168 g/mol. The molecule has 4 heteroatoms. The van der Waals surface area contributed by atoms with Gasteiger partial charge in [-0.25, -0.2) is 0 Å². The molecule has 0 aromatic carbocycles. The molecule has 0 fully saturated rings. The Kier molecular flexibility index (Phi) is 1.83. The van der Waals surface area contributed by atoms with Gasteiger partial charge in [0.1, 0.15) is 5.69 Å². The Hall–Kier alpha value is -1.32. The first kappa shape index (κ1) is 8.29. The van der Waals surface area contributed by atoms with Gasteiger partial charge in [0.2, 0.25) is 0 Å². The molecule has 0 saturated carbocycles. The summed E-state index contributed by atoms with van der Waals surface area (Å²) in [7, 11) is 0. The predicted molar refractivity (Wildman–Crippen MR) is 47.1 cm³/mol. The van der Waals surface area contributed by atoms with Crippen LogP contribution in [0.4, 0.5) is 0 Å². The maximum atomic E-state index is 11.5. The largest absolute Gasteiger partial charge is 0.489 e. The van der Waals surface area contributed by atoms with E-state index in [-0.39, 0.29) is 11.8 Å². The number of aromatic nitrogens is 2. The van der Waals surface area contributed by atoms with E-state index in [1.54, 1.807) is 10.9 Å². The average Bonchev–Trinajstić information content (AvgIpc) is 2.49. The van der Waals surface area contributed by atoms with E-state index < -0.39 is 0 Å². The standard InChI is InChI=1S/C9H12N2O2/c1-6(2)11-9-7(12)3-4-13-8(9)5-10-11/h5-6H,3-4H2,1-2H3. The summed E-state index contributed by atoms with van der Waals surface area (Å²) in [5.74, 6) is 0.761. The van der Waals surface area contributed by atoms with Crippen molar-refractivity contribution in [1.29, 1.82) is 0 Å². The van der Waals surface area contributed by atoms with Crippen LogP contribution in [0.5, 0.6) is 5.75 Å². The van der Waals surface area contributed by atoms with Gasteiger partial charge in [-0.15, -0.1) is 0 Å². The van der Waals surface area contributed by atoms with Crippen LogP contribution >= 0.6 is 0 Å². The van der Waals surface area contributed by atoms with Gasteiger partial charge in [0, 0.05) is 12.5 Å². The summed E-state index contributed by atoms with van der Waals surface area (Å²) < 4.78 is 7.04. The highest BCUT2D eigenvalue weighted by atomic mass is 16.5. The van der Waals surface area contributed by atoms with Gasteiger partial charge in [-0.1, -0.05) is 0 Å². The van der Waals surface area contributed by atoms with Crippen molar-refractivity contribution in [2.24, 2.45) is 0 Å². The van der Waals surface area contributed by atoms with E-state index in [4.69, 9.17) is 4.74 Å². The van der Waals surface area contributed by atoms with Gasteiger partial charge in [-0.2, -0.15) is 5.10 Å². The minimum Gasteiger partial charge on any atom is -0.489 e. The van der Waals surface area contributed by atoms with E-state index in [1.807, 2.05) is 13.8 Å². The third-order valence-corrected chi connectivity index (χ3v) is 2.10. The molecule has 1 aromatic heterocycles. The highest BCUT2D eigenvalue weighted by Gasteiger charge is 2.24. The van der Waals surface area contributed by atoms with E-state index in [0.29, 0.717) is 24.5 Å². The molecule has 70 valence electrons. The summed E-state index contributed by atoms with van der Waals surface area (Å²) in [5.41, 5.74) is 0.626. The van der Waals surface area contributed by atoms with E-state index in [9.17, 15) is 4.79 Å². The second kappa shape index (κ2) is 2.87. The lowest BCUT2D eigenvalue weighted by Gasteiger charge is -2.15. The number of nitrogens with zero attached hydrogens (tertiary/aromatic N) is 2. The van der Waals surface area contributed by atoms with Gasteiger partial charge >= 0.3 is 0 Å². The number of carbonyl (C=O) groups excluding carboxylic acids is 1. The first-order chi connectivity index (χ1) is 6.20. The van der Waals surface area contributed by atoms with Gasteiger partial charge in [-0.3, -0.25) is 9.48 Å². The normalized spacial score (nSPS) is 15.8. The minimum atomic E-state index is 0.132. The molecule has 13 heavy (non-hydrogen) atoms. The number of Topliss-reactive ketones (excluding diaryl/α,β-unsaturated/α-hetero) is 1. The smallest absolute Gasteiger partial charge is 0.188 e. The molecule has 0 unspecified atom stereocenters. The van der Waals surface area contributed by atoms with Crippen molar-refractivity contribution in [3.63, 3.8) is 0 Å². The Labute approximate surface area is 76.5 Å². The fraction of sp³-hybridized carbons (Fsp3) is 0.556. The van der Waals surface area contributed by atoms with E-state index in [1.165, 1.54) is 0 Å². The molecule has 0 radical (unpaired) electrons. The summed E-state index contributed by atoms with van der Waals surface area (Å²) in [4.78, 5) is 11.5. The van der Waals surface area contributed by atoms with E-state index >= 15 is 0 Å². The van der Waals surface area contributed by atoms with Crippen molar-refractivity contribution in [2.45, 2.75) is 26.3 Å². The lowest BCUT2D eigenvalue weighted by Crippen LogP contribution is -2.19. The fourth-order valence-corrected chi connectivity index (χ4v) is 1.48. The van der Waals surface area contributed by atoms with Crippen LogP contribution in [0.15, 0.2) is 6.20 Å². The zero-order chi connectivity index (χ0) is 9.42. The summed E-state index contributed by atoms with van der Waals surface area (Å²) >= 11 is 0. The molecule has 1 aliphatic heterocycles. The third-order valence-electron chi connectivity index (χ3n) is 2.10. The van der Waals surface area contributed by atoms with Gasteiger partial charge in [-0.05, 0) is 13.8 Å². The number of rotatable bonds is 1. The summed E-state index contributed by atoms with van der Waals surface area (Å²) in [6.45, 7) is 4.47. The Bertz CT molecular complexity index is 341. The number of hydrogen-bond acceptors (Lipinski definition) is 3. The molecule has 0 spiro atoms. The number of fused-ring (bicyclic) bond motifs is 1. The van der Waals surface area contributed by atoms with Crippen LogP contribution in [0.3, 0.4) is 0 Å². The van der Waals surface area contributed by atoms with Crippen LogP contribution in [-0.4, -0.2) is 22.2 Å². The Balaban J connectivity index is 2.50. The lowest BCUT2D eigenvalue weighted by atomic mass is 10.1. The van der Waals surface area contributed by atoms with Crippen molar-refractivity contribution in [1.82, 2.24) is 9.78 Å². The fourth-order valence-electron chi connectivity index (χ4n) is 1.48. The molecule has 1 aliphatic rings. The minimum absolute atomic E-state index is 0.132. The first-order valence-corrected chi connectivity index (χ1v) is 4.43. The zero-order valence-corrected chi connectivity index (χ0v) is 7.78. The molecule has 0 amide bonds. The van der Waals surface area contributed by atoms with Crippen molar-refractivity contribution in [3.05, 3.63) is 11.9 Å². The number of ketones is 1. The molecule has 0 saturated heterocycles. The topological polar surface area (TPSA) is 44.1 Å². The Morgan fingerprint density at radius 3 is 3.08 bits per heavy atom. The number of hydrogen-bond donors (Lipinski definition) is 0. The Morgan fingerprint density at radius 2 is 2.38 bits per heavy atom. The molecule has 0 bridgehead atoms. The average molecular weight is 180 g/mol. The second-order valence-electron chi connectivity index (χ2n) is 3.42. The van der Waals surface area contributed by atoms with Crippen LogP contribution in [0.2, 0.25) is 0 Å². The number of carbonyl (C=O) groups is 1. The maximum Gasteiger partial charge on any atom is 0.188 e. The highest BCUT2D eigenvalue weighted by molar-refractivity contribution is 5.97. The van der Waals surface area contributed by atoms with Crippen LogP contribution in [0.25, 0.3) is 0 Å². The molecule has 0 atom stereocenters. The SMILES string of the molecule is CC(C)n1ncc2c1C(=O)CCO2. The second-order valence-corrected chi connectivity index (χ2v) is 3.42. The van der Waals surface area contributed by atoms with Crippen LogP contribution in [-0.2, 0) is 0 Å². The van der Waals surface area contributed by atoms with Gasteiger partial charge in [0.05, 0.1) is 12.8 Å². The number of ether oxygens (including phenoxy) is 1. The van der Waals surface area contributed by atoms with E-state index in [0.717, 1.165) is 0 Å². The van der Waals surface area contributed by atoms with Crippen LogP contribution < -0.4 is 4.74 Å². The third kappa shape index (κ3) is 1.22. The molecule has 2 rings (SSSR count). The monoisotopic (exact) mass is 180 g/mol. The van der Waals surface area contributed by atoms with Gasteiger partial charge in [0.15, 0.2) is 11.5 Å². The first-order valence-electron chi connectivity index (χ1n) is 4.43. The van der Waals surface area contributed by atoms with Crippen LogP contribution in [0.1, 0.15) is 36.8 Å². The molecule has 0 aliphatic carbocycles. The van der Waals surface area contributed by atoms with Gasteiger partial charge in [0.25, 0.3) is 0 Å². The van der Waals surface area contributed by atoms with Gasteiger partial charge < -0.3 is 4.74 Å².